The van der Waals surface area contributed by atoms with E-state index < -0.39 is 0 Å². The molecule has 26 heavy (non-hydrogen) atoms. The van der Waals surface area contributed by atoms with Crippen molar-refractivity contribution in [2.24, 2.45) is 0 Å². The van der Waals surface area contributed by atoms with Crippen molar-refractivity contribution >= 4 is 18.3 Å². The molecule has 1 saturated heterocycles. The Labute approximate surface area is 159 Å². The van der Waals surface area contributed by atoms with Gasteiger partial charge in [0, 0.05) is 6.54 Å². The SMILES string of the molecule is CCOc1cccc(CNC(=O)c2nnn(C3CCNCC3)c2C)c1.Cl. The van der Waals surface area contributed by atoms with Crippen molar-refractivity contribution in [3.63, 3.8) is 0 Å². The molecule has 0 aliphatic carbocycles. The summed E-state index contributed by atoms with van der Waals surface area (Å²) >= 11 is 0. The molecule has 0 radical (unpaired) electrons. The van der Waals surface area contributed by atoms with E-state index in [1.807, 2.05) is 42.8 Å². The van der Waals surface area contributed by atoms with Crippen LogP contribution in [0.15, 0.2) is 24.3 Å². The van der Waals surface area contributed by atoms with E-state index in [0.717, 1.165) is 42.9 Å². The number of nitrogens with one attached hydrogen (secondary N) is 2. The normalized spacial score (nSPS) is 14.5. The van der Waals surface area contributed by atoms with E-state index in [0.29, 0.717) is 24.9 Å². The summed E-state index contributed by atoms with van der Waals surface area (Å²) in [5, 5.41) is 14.6. The number of carbonyl (C=O) groups excluding carboxylic acids is 1. The number of halogens is 1. The van der Waals surface area contributed by atoms with Crippen LogP contribution in [0.4, 0.5) is 0 Å². The van der Waals surface area contributed by atoms with E-state index in [-0.39, 0.29) is 18.3 Å². The zero-order valence-corrected chi connectivity index (χ0v) is 16.0. The minimum Gasteiger partial charge on any atom is -0.494 e. The monoisotopic (exact) mass is 379 g/mol. The summed E-state index contributed by atoms with van der Waals surface area (Å²) in [5.41, 5.74) is 2.22. The number of amides is 1. The molecule has 3 rings (SSSR count). The van der Waals surface area contributed by atoms with E-state index in [9.17, 15) is 4.79 Å². The van der Waals surface area contributed by atoms with Crippen LogP contribution in [0.5, 0.6) is 5.75 Å². The van der Waals surface area contributed by atoms with Gasteiger partial charge in [-0.2, -0.15) is 0 Å². The van der Waals surface area contributed by atoms with Crippen molar-refractivity contribution in [1.82, 2.24) is 25.6 Å². The van der Waals surface area contributed by atoms with Gasteiger partial charge in [0.1, 0.15) is 5.75 Å². The van der Waals surface area contributed by atoms with Crippen LogP contribution in [0.1, 0.15) is 47.6 Å². The third kappa shape index (κ3) is 4.74. The minimum absolute atomic E-state index is 0. The number of hydrogen-bond acceptors (Lipinski definition) is 5. The standard InChI is InChI=1S/C18H25N5O2.ClH/c1-3-25-16-6-4-5-14(11-16)12-20-18(24)17-13(2)23(22-21-17)15-7-9-19-10-8-15;/h4-6,11,15,19H,3,7-10,12H2,1-2H3,(H,20,24);1H. The summed E-state index contributed by atoms with van der Waals surface area (Å²) in [7, 11) is 0. The second-order valence-corrected chi connectivity index (χ2v) is 6.21. The Morgan fingerprint density at radius 2 is 2.15 bits per heavy atom. The summed E-state index contributed by atoms with van der Waals surface area (Å²) in [6.07, 6.45) is 2.02. The van der Waals surface area contributed by atoms with Gasteiger partial charge in [-0.15, -0.1) is 17.5 Å². The second-order valence-electron chi connectivity index (χ2n) is 6.21. The maximum Gasteiger partial charge on any atom is 0.274 e. The van der Waals surface area contributed by atoms with Crippen LogP contribution in [0.2, 0.25) is 0 Å². The first-order valence-electron chi connectivity index (χ1n) is 8.81. The predicted molar refractivity (Wildman–Crippen MR) is 102 cm³/mol. The van der Waals surface area contributed by atoms with Crippen LogP contribution < -0.4 is 15.4 Å². The van der Waals surface area contributed by atoms with Crippen LogP contribution >= 0.6 is 12.4 Å². The largest absolute Gasteiger partial charge is 0.494 e. The lowest BCUT2D eigenvalue weighted by Gasteiger charge is -2.23. The van der Waals surface area contributed by atoms with Gasteiger partial charge in [0.2, 0.25) is 0 Å². The molecule has 142 valence electrons. The van der Waals surface area contributed by atoms with Gasteiger partial charge in [0.05, 0.1) is 18.3 Å². The highest BCUT2D eigenvalue weighted by atomic mass is 35.5. The molecule has 0 unspecified atom stereocenters. The molecular formula is C18H26ClN5O2. The second kappa shape index (κ2) is 9.54. The molecule has 1 fully saturated rings. The van der Waals surface area contributed by atoms with Gasteiger partial charge in [-0.1, -0.05) is 17.3 Å². The van der Waals surface area contributed by atoms with Gasteiger partial charge < -0.3 is 15.4 Å². The molecule has 7 nitrogen and oxygen atoms in total. The number of benzene rings is 1. The molecule has 0 spiro atoms. The molecule has 2 heterocycles. The Kier molecular flexibility index (Phi) is 7.41. The van der Waals surface area contributed by atoms with Gasteiger partial charge in [0.25, 0.3) is 5.91 Å². The average Bonchev–Trinajstić information content (AvgIpc) is 3.03. The number of hydrogen-bond donors (Lipinski definition) is 2. The Hall–Kier alpha value is -2.12. The molecule has 0 bridgehead atoms. The van der Waals surface area contributed by atoms with E-state index in [2.05, 4.69) is 20.9 Å². The number of rotatable bonds is 6. The Balaban J connectivity index is 0.00000243. The molecule has 1 amide bonds. The number of carbonyl (C=O) groups is 1. The first kappa shape index (κ1) is 20.2. The maximum atomic E-state index is 12.5. The summed E-state index contributed by atoms with van der Waals surface area (Å²) in [6, 6.07) is 8.04. The molecule has 8 heteroatoms. The summed E-state index contributed by atoms with van der Waals surface area (Å²) < 4.78 is 7.38. The molecule has 0 saturated carbocycles. The van der Waals surface area contributed by atoms with E-state index in [4.69, 9.17) is 4.74 Å². The van der Waals surface area contributed by atoms with Crippen molar-refractivity contribution in [1.29, 1.82) is 0 Å². The molecule has 1 aromatic heterocycles. The van der Waals surface area contributed by atoms with Crippen molar-refractivity contribution in [3.8, 4) is 5.75 Å². The van der Waals surface area contributed by atoms with Crippen LogP contribution in [-0.4, -0.2) is 40.6 Å². The topological polar surface area (TPSA) is 81.1 Å². The molecule has 2 aromatic rings. The third-order valence-corrected chi connectivity index (χ3v) is 4.46. The summed E-state index contributed by atoms with van der Waals surface area (Å²) in [5.74, 6) is 0.613. The maximum absolute atomic E-state index is 12.5. The smallest absolute Gasteiger partial charge is 0.274 e. The molecule has 2 N–H and O–H groups in total. The predicted octanol–water partition coefficient (Wildman–Crippen LogP) is 2.26. The molecule has 0 atom stereocenters. The number of nitrogens with zero attached hydrogens (tertiary/aromatic N) is 3. The van der Waals surface area contributed by atoms with Gasteiger partial charge in [-0.25, -0.2) is 4.68 Å². The lowest BCUT2D eigenvalue weighted by molar-refractivity contribution is 0.0945. The van der Waals surface area contributed by atoms with E-state index in [1.165, 1.54) is 0 Å². The van der Waals surface area contributed by atoms with Crippen LogP contribution in [0.3, 0.4) is 0 Å². The van der Waals surface area contributed by atoms with E-state index >= 15 is 0 Å². The van der Waals surface area contributed by atoms with Gasteiger partial charge in [0.15, 0.2) is 5.69 Å². The quantitative estimate of drug-likeness (QED) is 0.804. The first-order chi connectivity index (χ1) is 12.2. The van der Waals surface area contributed by atoms with Crippen molar-refractivity contribution in [2.75, 3.05) is 19.7 Å². The Bertz CT molecular complexity index is 728. The molecular weight excluding hydrogens is 354 g/mol. The first-order valence-corrected chi connectivity index (χ1v) is 8.81. The number of ether oxygens (including phenoxy) is 1. The molecule has 1 aliphatic heterocycles. The highest BCUT2D eigenvalue weighted by Crippen LogP contribution is 2.20. The lowest BCUT2D eigenvalue weighted by atomic mass is 10.1. The van der Waals surface area contributed by atoms with Crippen molar-refractivity contribution < 1.29 is 9.53 Å². The zero-order chi connectivity index (χ0) is 17.6. The summed E-state index contributed by atoms with van der Waals surface area (Å²) in [4.78, 5) is 12.5. The van der Waals surface area contributed by atoms with Gasteiger partial charge >= 0.3 is 0 Å². The fraction of sp³-hybridized carbons (Fsp3) is 0.500. The van der Waals surface area contributed by atoms with Crippen LogP contribution in [-0.2, 0) is 6.54 Å². The number of aromatic nitrogens is 3. The minimum atomic E-state index is -0.195. The Morgan fingerprint density at radius 3 is 2.88 bits per heavy atom. The van der Waals surface area contributed by atoms with E-state index in [1.54, 1.807) is 0 Å². The third-order valence-electron chi connectivity index (χ3n) is 4.46. The lowest BCUT2D eigenvalue weighted by Crippen LogP contribution is -2.30. The Morgan fingerprint density at radius 1 is 1.38 bits per heavy atom. The number of piperidine rings is 1. The van der Waals surface area contributed by atoms with Crippen molar-refractivity contribution in [2.45, 2.75) is 39.3 Å². The fourth-order valence-electron chi connectivity index (χ4n) is 3.13. The summed E-state index contributed by atoms with van der Waals surface area (Å²) in [6.45, 7) is 6.85. The van der Waals surface area contributed by atoms with Crippen molar-refractivity contribution in [3.05, 3.63) is 41.2 Å². The van der Waals surface area contributed by atoms with Crippen LogP contribution in [0, 0.1) is 6.92 Å². The zero-order valence-electron chi connectivity index (χ0n) is 15.2. The van der Waals surface area contributed by atoms with Gasteiger partial charge in [-0.3, -0.25) is 4.79 Å². The van der Waals surface area contributed by atoms with Crippen LogP contribution in [0.25, 0.3) is 0 Å². The highest BCUT2D eigenvalue weighted by molar-refractivity contribution is 5.93. The fourth-order valence-corrected chi connectivity index (χ4v) is 3.13. The average molecular weight is 380 g/mol. The van der Waals surface area contributed by atoms with Gasteiger partial charge in [-0.05, 0) is 57.5 Å². The molecule has 1 aromatic carbocycles. The highest BCUT2D eigenvalue weighted by Gasteiger charge is 2.22. The molecule has 1 aliphatic rings.